The number of ether oxygens (including phenoxy) is 1. The minimum absolute atomic E-state index is 0.0199. The average molecular weight is 330 g/mol. The molecule has 1 heterocycles. The van der Waals surface area contributed by atoms with Gasteiger partial charge in [0.05, 0.1) is 12.8 Å². The highest BCUT2D eigenvalue weighted by molar-refractivity contribution is 9.08. The Labute approximate surface area is 117 Å². The van der Waals surface area contributed by atoms with Crippen LogP contribution in [0.1, 0.15) is 5.69 Å². The van der Waals surface area contributed by atoms with Crippen molar-refractivity contribution in [1.82, 2.24) is 9.55 Å². The molecule has 0 atom stereocenters. The molecule has 6 heteroatoms. The average Bonchev–Trinajstić information content (AvgIpc) is 2.41. The zero-order valence-corrected chi connectivity index (χ0v) is 11.9. The summed E-state index contributed by atoms with van der Waals surface area (Å²) in [5.74, 6) is -0.0199. The highest BCUT2D eigenvalue weighted by atomic mass is 79.9. The molecule has 94 valence electrons. The summed E-state index contributed by atoms with van der Waals surface area (Å²) in [6, 6.07) is 9.22. The highest BCUT2D eigenvalue weighted by Crippen LogP contribution is 2.20. The molecule has 2 aromatic rings. The van der Waals surface area contributed by atoms with Crippen molar-refractivity contribution in [2.45, 2.75) is 5.33 Å². The van der Waals surface area contributed by atoms with Crippen molar-refractivity contribution in [1.29, 1.82) is 0 Å². The Balaban J connectivity index is 2.79. The van der Waals surface area contributed by atoms with Crippen molar-refractivity contribution in [2.75, 3.05) is 7.11 Å². The predicted molar refractivity (Wildman–Crippen MR) is 74.0 cm³/mol. The summed E-state index contributed by atoms with van der Waals surface area (Å²) < 4.78 is 6.43. The zero-order chi connectivity index (χ0) is 13.1. The molecule has 0 aliphatic heterocycles. The summed E-state index contributed by atoms with van der Waals surface area (Å²) in [6.45, 7) is 0. The molecule has 0 N–H and O–H groups in total. The number of methoxy groups -OCH3 is 1. The predicted octanol–water partition coefficient (Wildman–Crippen LogP) is 2.79. The number of halogens is 2. The fourth-order valence-electron chi connectivity index (χ4n) is 1.61. The monoisotopic (exact) mass is 328 g/mol. The SMILES string of the molecule is COc1nc(Cl)c(CBr)n(-c2ccccc2)c1=O. The molecule has 0 amide bonds. The first kappa shape index (κ1) is 13.1. The second-order valence-corrected chi connectivity index (χ2v) is 4.39. The topological polar surface area (TPSA) is 44.1 Å². The van der Waals surface area contributed by atoms with Crippen LogP contribution in [0.2, 0.25) is 5.15 Å². The Kier molecular flexibility index (Phi) is 4.04. The summed E-state index contributed by atoms with van der Waals surface area (Å²) in [4.78, 5) is 16.2. The van der Waals surface area contributed by atoms with E-state index in [9.17, 15) is 4.79 Å². The molecule has 0 bridgehead atoms. The molecule has 0 radical (unpaired) electrons. The molecule has 0 fully saturated rings. The zero-order valence-electron chi connectivity index (χ0n) is 9.56. The van der Waals surface area contributed by atoms with Crippen LogP contribution >= 0.6 is 27.5 Å². The van der Waals surface area contributed by atoms with Crippen LogP contribution in [0.5, 0.6) is 5.88 Å². The number of rotatable bonds is 3. The third-order valence-electron chi connectivity index (χ3n) is 2.43. The minimum atomic E-state index is -0.331. The van der Waals surface area contributed by atoms with Crippen molar-refractivity contribution in [3.8, 4) is 11.6 Å². The molecular formula is C12H10BrClN2O2. The van der Waals surface area contributed by atoms with Gasteiger partial charge in [-0.25, -0.2) is 0 Å². The van der Waals surface area contributed by atoms with E-state index < -0.39 is 0 Å². The van der Waals surface area contributed by atoms with E-state index in [-0.39, 0.29) is 16.6 Å². The summed E-state index contributed by atoms with van der Waals surface area (Å²) >= 11 is 9.37. The summed E-state index contributed by atoms with van der Waals surface area (Å²) in [5.41, 5.74) is 0.982. The van der Waals surface area contributed by atoms with Crippen LogP contribution in [-0.2, 0) is 5.33 Å². The van der Waals surface area contributed by atoms with Gasteiger partial charge < -0.3 is 4.74 Å². The summed E-state index contributed by atoms with van der Waals surface area (Å²) in [7, 11) is 1.39. The number of alkyl halides is 1. The van der Waals surface area contributed by atoms with Gasteiger partial charge in [-0.1, -0.05) is 45.7 Å². The number of hydrogen-bond acceptors (Lipinski definition) is 3. The van der Waals surface area contributed by atoms with E-state index >= 15 is 0 Å². The maximum atomic E-state index is 12.2. The second-order valence-electron chi connectivity index (χ2n) is 3.47. The van der Waals surface area contributed by atoms with E-state index in [0.29, 0.717) is 11.0 Å². The molecule has 1 aromatic heterocycles. The van der Waals surface area contributed by atoms with Gasteiger partial charge in [0, 0.05) is 11.0 Å². The van der Waals surface area contributed by atoms with Crippen LogP contribution in [0.25, 0.3) is 5.69 Å². The molecule has 0 saturated heterocycles. The summed E-state index contributed by atoms with van der Waals surface area (Å²) in [5, 5.41) is 0.666. The van der Waals surface area contributed by atoms with E-state index in [0.717, 1.165) is 5.69 Å². The fraction of sp³-hybridized carbons (Fsp3) is 0.167. The smallest absolute Gasteiger partial charge is 0.318 e. The van der Waals surface area contributed by atoms with Crippen molar-refractivity contribution in [2.24, 2.45) is 0 Å². The lowest BCUT2D eigenvalue weighted by Crippen LogP contribution is -2.24. The van der Waals surface area contributed by atoms with Crippen molar-refractivity contribution >= 4 is 27.5 Å². The number of aromatic nitrogens is 2. The van der Waals surface area contributed by atoms with Gasteiger partial charge in [0.25, 0.3) is 5.88 Å². The fourth-order valence-corrected chi connectivity index (χ4v) is 2.52. The van der Waals surface area contributed by atoms with E-state index in [1.807, 2.05) is 30.3 Å². The number of hydrogen-bond donors (Lipinski definition) is 0. The second kappa shape index (κ2) is 5.54. The first-order chi connectivity index (χ1) is 8.69. The molecule has 0 aliphatic carbocycles. The molecule has 1 aromatic carbocycles. The van der Waals surface area contributed by atoms with Crippen LogP contribution in [0.3, 0.4) is 0 Å². The lowest BCUT2D eigenvalue weighted by Gasteiger charge is -2.13. The van der Waals surface area contributed by atoms with Gasteiger partial charge in [-0.2, -0.15) is 4.98 Å². The Morgan fingerprint density at radius 3 is 2.61 bits per heavy atom. The Hall–Kier alpha value is -1.33. The van der Waals surface area contributed by atoms with Gasteiger partial charge in [-0.05, 0) is 12.1 Å². The van der Waals surface area contributed by atoms with Gasteiger partial charge in [-0.15, -0.1) is 0 Å². The lowest BCUT2D eigenvalue weighted by atomic mass is 10.3. The third-order valence-corrected chi connectivity index (χ3v) is 3.26. The van der Waals surface area contributed by atoms with E-state index in [1.165, 1.54) is 11.7 Å². The van der Waals surface area contributed by atoms with Crippen LogP contribution in [0, 0.1) is 0 Å². The van der Waals surface area contributed by atoms with Crippen LogP contribution in [-0.4, -0.2) is 16.7 Å². The molecular weight excluding hydrogens is 320 g/mol. The van der Waals surface area contributed by atoms with Gasteiger partial charge in [0.2, 0.25) is 0 Å². The van der Waals surface area contributed by atoms with Crippen molar-refractivity contribution in [3.63, 3.8) is 0 Å². The standard InChI is InChI=1S/C12H10BrClN2O2/c1-18-11-12(17)16(8-5-3-2-4-6-8)9(7-13)10(14)15-11/h2-6H,7H2,1H3. The van der Waals surface area contributed by atoms with Gasteiger partial charge in [0.15, 0.2) is 5.15 Å². The van der Waals surface area contributed by atoms with E-state index in [1.54, 1.807) is 0 Å². The van der Waals surface area contributed by atoms with Gasteiger partial charge >= 0.3 is 5.56 Å². The Morgan fingerprint density at radius 1 is 1.39 bits per heavy atom. The van der Waals surface area contributed by atoms with Gasteiger partial charge in [0.1, 0.15) is 0 Å². The maximum Gasteiger partial charge on any atom is 0.318 e. The largest absolute Gasteiger partial charge is 0.477 e. The van der Waals surface area contributed by atoms with E-state index in [4.69, 9.17) is 16.3 Å². The van der Waals surface area contributed by atoms with Crippen molar-refractivity contribution < 1.29 is 4.74 Å². The Bertz CT molecular complexity index is 613. The normalized spacial score (nSPS) is 10.4. The van der Waals surface area contributed by atoms with Crippen LogP contribution in [0.15, 0.2) is 35.1 Å². The molecule has 0 aliphatic rings. The number of para-hydroxylation sites is 1. The number of nitrogens with zero attached hydrogens (tertiary/aromatic N) is 2. The highest BCUT2D eigenvalue weighted by Gasteiger charge is 2.16. The van der Waals surface area contributed by atoms with Crippen molar-refractivity contribution in [3.05, 3.63) is 51.5 Å². The third kappa shape index (κ3) is 2.28. The minimum Gasteiger partial charge on any atom is -0.477 e. The summed E-state index contributed by atoms with van der Waals surface area (Å²) in [6.07, 6.45) is 0. The van der Waals surface area contributed by atoms with Crippen LogP contribution in [0.4, 0.5) is 0 Å². The molecule has 2 rings (SSSR count). The maximum absolute atomic E-state index is 12.2. The first-order valence-electron chi connectivity index (χ1n) is 5.16. The molecule has 0 unspecified atom stereocenters. The lowest BCUT2D eigenvalue weighted by molar-refractivity contribution is 0.388. The molecule has 0 saturated carbocycles. The molecule has 0 spiro atoms. The van der Waals surface area contributed by atoms with Crippen LogP contribution < -0.4 is 10.3 Å². The quantitative estimate of drug-likeness (QED) is 0.813. The molecule has 4 nitrogen and oxygen atoms in total. The first-order valence-corrected chi connectivity index (χ1v) is 6.65. The molecule has 18 heavy (non-hydrogen) atoms. The number of benzene rings is 1. The van der Waals surface area contributed by atoms with Gasteiger partial charge in [-0.3, -0.25) is 9.36 Å². The Morgan fingerprint density at radius 2 is 2.06 bits per heavy atom. The van der Waals surface area contributed by atoms with E-state index in [2.05, 4.69) is 20.9 Å².